The number of carbonyl (C=O) groups excluding carboxylic acids is 1. The van der Waals surface area contributed by atoms with Crippen molar-refractivity contribution < 1.29 is 19.4 Å². The number of likely N-dealkylation sites (tertiary alicyclic amines) is 1. The molecule has 6 nitrogen and oxygen atoms in total. The fourth-order valence-corrected chi connectivity index (χ4v) is 2.73. The molecule has 0 spiro atoms. The first-order chi connectivity index (χ1) is 8.40. The highest BCUT2D eigenvalue weighted by molar-refractivity contribution is 5.92. The summed E-state index contributed by atoms with van der Waals surface area (Å²) in [4.78, 5) is 25.3. The molecule has 2 fully saturated rings. The molecule has 2 heterocycles. The van der Waals surface area contributed by atoms with Gasteiger partial charge in [0.15, 0.2) is 0 Å². The number of nitrogens with zero attached hydrogens (tertiary/aromatic N) is 1. The van der Waals surface area contributed by atoms with Gasteiger partial charge in [-0.1, -0.05) is 0 Å². The van der Waals surface area contributed by atoms with Crippen molar-refractivity contribution in [2.24, 2.45) is 5.73 Å². The summed E-state index contributed by atoms with van der Waals surface area (Å²) in [5.74, 6) is -1.20. The number of ether oxygens (including phenoxy) is 1. The van der Waals surface area contributed by atoms with Crippen LogP contribution in [-0.2, 0) is 14.3 Å². The molecule has 2 rings (SSSR count). The number of carboxylic acid groups (broad SMARTS) is 1. The van der Waals surface area contributed by atoms with Crippen LogP contribution in [0.1, 0.15) is 32.6 Å². The molecule has 1 atom stereocenters. The third kappa shape index (κ3) is 1.99. The predicted molar refractivity (Wildman–Crippen MR) is 64.0 cm³/mol. The van der Waals surface area contributed by atoms with E-state index in [4.69, 9.17) is 10.5 Å². The second kappa shape index (κ2) is 4.51. The molecule has 2 saturated heterocycles. The maximum absolute atomic E-state index is 12.5. The second-order valence-electron chi connectivity index (χ2n) is 5.41. The Morgan fingerprint density at radius 1 is 1.28 bits per heavy atom. The third-order valence-corrected chi connectivity index (χ3v) is 4.16. The molecule has 0 radical (unpaired) electrons. The first-order valence-corrected chi connectivity index (χ1v) is 6.32. The fourth-order valence-electron chi connectivity index (χ4n) is 2.73. The lowest BCUT2D eigenvalue weighted by molar-refractivity contribution is -0.159. The summed E-state index contributed by atoms with van der Waals surface area (Å²) in [6.45, 7) is 2.99. The molecular weight excluding hydrogens is 236 g/mol. The Labute approximate surface area is 106 Å². The van der Waals surface area contributed by atoms with Crippen molar-refractivity contribution in [1.82, 2.24) is 4.90 Å². The van der Waals surface area contributed by atoms with E-state index in [9.17, 15) is 14.7 Å². The number of carbonyl (C=O) groups is 2. The third-order valence-electron chi connectivity index (χ3n) is 4.16. The van der Waals surface area contributed by atoms with Gasteiger partial charge < -0.3 is 20.5 Å². The first kappa shape index (κ1) is 13.3. The van der Waals surface area contributed by atoms with Gasteiger partial charge in [0.1, 0.15) is 5.54 Å². The Hall–Kier alpha value is -1.14. The summed E-state index contributed by atoms with van der Waals surface area (Å²) in [6.07, 6.45) is 2.11. The molecule has 6 heteroatoms. The molecule has 18 heavy (non-hydrogen) atoms. The average Bonchev–Trinajstić information content (AvgIpc) is 2.72. The van der Waals surface area contributed by atoms with Gasteiger partial charge in [0.05, 0.1) is 5.54 Å². The van der Waals surface area contributed by atoms with E-state index in [1.165, 1.54) is 4.90 Å². The van der Waals surface area contributed by atoms with Crippen LogP contribution >= 0.6 is 0 Å². The first-order valence-electron chi connectivity index (χ1n) is 6.32. The van der Waals surface area contributed by atoms with Crippen LogP contribution in [0.5, 0.6) is 0 Å². The summed E-state index contributed by atoms with van der Waals surface area (Å²) >= 11 is 0. The van der Waals surface area contributed by atoms with Gasteiger partial charge in [-0.15, -0.1) is 0 Å². The Kier molecular flexibility index (Phi) is 3.33. The maximum atomic E-state index is 12.5. The molecule has 2 aliphatic rings. The molecule has 102 valence electrons. The Bertz CT molecular complexity index is 365. The SMILES string of the molecule is CC1(C(=O)O)CCCN1C(=O)C1(N)CCOCC1. The molecule has 1 amide bonds. The lowest BCUT2D eigenvalue weighted by Gasteiger charge is -2.40. The Morgan fingerprint density at radius 3 is 2.44 bits per heavy atom. The summed E-state index contributed by atoms with van der Waals surface area (Å²) in [6, 6.07) is 0. The highest BCUT2D eigenvalue weighted by Gasteiger charge is 2.50. The van der Waals surface area contributed by atoms with Crippen LogP contribution < -0.4 is 5.73 Å². The molecule has 0 bridgehead atoms. The summed E-state index contributed by atoms with van der Waals surface area (Å²) in [7, 11) is 0. The summed E-state index contributed by atoms with van der Waals surface area (Å²) in [5, 5.41) is 9.31. The number of hydrogen-bond donors (Lipinski definition) is 2. The second-order valence-corrected chi connectivity index (χ2v) is 5.41. The van der Waals surface area contributed by atoms with Crippen molar-refractivity contribution in [2.45, 2.75) is 43.7 Å². The van der Waals surface area contributed by atoms with Gasteiger partial charge in [0.25, 0.3) is 0 Å². The van der Waals surface area contributed by atoms with Crippen molar-refractivity contribution in [3.8, 4) is 0 Å². The number of hydrogen-bond acceptors (Lipinski definition) is 4. The van der Waals surface area contributed by atoms with Crippen LogP contribution in [0.2, 0.25) is 0 Å². The van der Waals surface area contributed by atoms with Gasteiger partial charge in [-0.2, -0.15) is 0 Å². The van der Waals surface area contributed by atoms with Gasteiger partial charge >= 0.3 is 5.97 Å². The zero-order valence-corrected chi connectivity index (χ0v) is 10.6. The summed E-state index contributed by atoms with van der Waals surface area (Å²) < 4.78 is 5.21. The lowest BCUT2D eigenvalue weighted by atomic mass is 9.88. The smallest absolute Gasteiger partial charge is 0.329 e. The lowest BCUT2D eigenvalue weighted by Crippen LogP contribution is -2.63. The number of nitrogens with two attached hydrogens (primary N) is 1. The van der Waals surface area contributed by atoms with Gasteiger partial charge in [0, 0.05) is 19.8 Å². The number of aliphatic carboxylic acids is 1. The van der Waals surface area contributed by atoms with Crippen molar-refractivity contribution in [3.63, 3.8) is 0 Å². The molecule has 3 N–H and O–H groups in total. The normalized spacial score (nSPS) is 31.3. The van der Waals surface area contributed by atoms with E-state index >= 15 is 0 Å². The molecule has 0 saturated carbocycles. The topological polar surface area (TPSA) is 92.9 Å². The van der Waals surface area contributed by atoms with Gasteiger partial charge in [-0.05, 0) is 32.6 Å². The minimum Gasteiger partial charge on any atom is -0.480 e. The van der Waals surface area contributed by atoms with Crippen LogP contribution in [0.3, 0.4) is 0 Å². The largest absolute Gasteiger partial charge is 0.480 e. The van der Waals surface area contributed by atoms with Crippen LogP contribution in [0.25, 0.3) is 0 Å². The maximum Gasteiger partial charge on any atom is 0.329 e. The van der Waals surface area contributed by atoms with Gasteiger partial charge in [-0.25, -0.2) is 4.79 Å². The van der Waals surface area contributed by atoms with E-state index in [1.807, 2.05) is 0 Å². The highest BCUT2D eigenvalue weighted by Crippen LogP contribution is 2.33. The fraction of sp³-hybridized carbons (Fsp3) is 0.833. The monoisotopic (exact) mass is 256 g/mol. The zero-order chi connectivity index (χ0) is 13.4. The van der Waals surface area contributed by atoms with Crippen LogP contribution in [0.15, 0.2) is 0 Å². The van der Waals surface area contributed by atoms with E-state index in [-0.39, 0.29) is 5.91 Å². The molecule has 0 aromatic heterocycles. The van der Waals surface area contributed by atoms with E-state index in [0.29, 0.717) is 45.4 Å². The minimum atomic E-state index is -1.11. The van der Waals surface area contributed by atoms with Gasteiger partial charge in [0.2, 0.25) is 5.91 Å². The van der Waals surface area contributed by atoms with Crippen LogP contribution in [-0.4, -0.2) is 52.7 Å². The molecule has 0 aromatic rings. The standard InChI is InChI=1S/C12H20N2O4/c1-11(10(16)17)3-2-6-14(11)9(15)12(13)4-7-18-8-5-12/h2-8,13H2,1H3,(H,16,17). The van der Waals surface area contributed by atoms with Crippen LogP contribution in [0, 0.1) is 0 Å². The number of rotatable bonds is 2. The average molecular weight is 256 g/mol. The van der Waals surface area contributed by atoms with Crippen molar-refractivity contribution in [3.05, 3.63) is 0 Å². The molecule has 0 aromatic carbocycles. The molecule has 2 aliphatic heterocycles. The van der Waals surface area contributed by atoms with E-state index in [1.54, 1.807) is 6.92 Å². The van der Waals surface area contributed by atoms with Crippen molar-refractivity contribution in [1.29, 1.82) is 0 Å². The summed E-state index contributed by atoms with van der Waals surface area (Å²) in [5.41, 5.74) is 4.07. The van der Waals surface area contributed by atoms with E-state index in [2.05, 4.69) is 0 Å². The molecule has 1 unspecified atom stereocenters. The van der Waals surface area contributed by atoms with Crippen molar-refractivity contribution >= 4 is 11.9 Å². The Morgan fingerprint density at radius 2 is 1.89 bits per heavy atom. The van der Waals surface area contributed by atoms with E-state index in [0.717, 1.165) is 0 Å². The van der Waals surface area contributed by atoms with Crippen LogP contribution in [0.4, 0.5) is 0 Å². The molecule has 0 aliphatic carbocycles. The zero-order valence-electron chi connectivity index (χ0n) is 10.6. The predicted octanol–water partition coefficient (Wildman–Crippen LogP) is -0.0400. The van der Waals surface area contributed by atoms with E-state index < -0.39 is 17.0 Å². The highest BCUT2D eigenvalue weighted by atomic mass is 16.5. The number of carboxylic acids is 1. The minimum absolute atomic E-state index is 0.242. The quantitative estimate of drug-likeness (QED) is 0.723. The Balaban J connectivity index is 2.20. The van der Waals surface area contributed by atoms with Crippen molar-refractivity contribution in [2.75, 3.05) is 19.8 Å². The van der Waals surface area contributed by atoms with Gasteiger partial charge in [-0.3, -0.25) is 4.79 Å². The molecular formula is C12H20N2O4. The number of amides is 1.